The van der Waals surface area contributed by atoms with E-state index < -0.39 is 6.10 Å². The maximum Gasteiger partial charge on any atom is 0.127 e. The fourth-order valence-electron chi connectivity index (χ4n) is 3.59. The molecule has 3 heteroatoms. The van der Waals surface area contributed by atoms with Crippen LogP contribution in [-0.2, 0) is 11.8 Å². The quantitative estimate of drug-likeness (QED) is 0.513. The molecule has 2 nitrogen and oxygen atoms in total. The van der Waals surface area contributed by atoms with Gasteiger partial charge in [0, 0.05) is 5.02 Å². The van der Waals surface area contributed by atoms with Gasteiger partial charge in [0.05, 0.1) is 6.10 Å². The van der Waals surface area contributed by atoms with Crippen molar-refractivity contribution in [3.63, 3.8) is 0 Å². The van der Waals surface area contributed by atoms with Crippen molar-refractivity contribution in [3.05, 3.63) is 95.0 Å². The van der Waals surface area contributed by atoms with Crippen LogP contribution in [0, 0.1) is 0 Å². The van der Waals surface area contributed by atoms with Gasteiger partial charge in [-0.3, -0.25) is 0 Å². The van der Waals surface area contributed by atoms with Gasteiger partial charge >= 0.3 is 0 Å². The molecule has 2 atom stereocenters. The zero-order valence-electron chi connectivity index (χ0n) is 15.7. The van der Waals surface area contributed by atoms with Crippen LogP contribution in [0.4, 0.5) is 0 Å². The molecule has 140 valence electrons. The molecule has 0 fully saturated rings. The number of aliphatic hydroxyl groups is 1. The lowest BCUT2D eigenvalue weighted by Gasteiger charge is -2.32. The highest BCUT2D eigenvalue weighted by Gasteiger charge is 2.29. The van der Waals surface area contributed by atoms with Crippen LogP contribution in [0.2, 0.25) is 5.02 Å². The molecule has 0 amide bonds. The summed E-state index contributed by atoms with van der Waals surface area (Å²) in [6.07, 6.45) is 1.07. The number of aliphatic hydroxyl groups excluding tert-OH is 1. The molecule has 0 spiro atoms. The highest BCUT2D eigenvalue weighted by Crippen LogP contribution is 2.35. The lowest BCUT2D eigenvalue weighted by Crippen LogP contribution is -2.29. The summed E-state index contributed by atoms with van der Waals surface area (Å²) < 4.78 is 5.97. The van der Waals surface area contributed by atoms with Crippen LogP contribution in [0.15, 0.2) is 78.9 Å². The number of rotatable bonds is 7. The molecule has 2 unspecified atom stereocenters. The molecule has 0 saturated carbocycles. The van der Waals surface area contributed by atoms with Gasteiger partial charge in [0.25, 0.3) is 0 Å². The second-order valence-corrected chi connectivity index (χ2v) is 7.80. The summed E-state index contributed by atoms with van der Waals surface area (Å²) in [5.74, 6) is 1.63. The normalized spacial score (nSPS) is 14.4. The van der Waals surface area contributed by atoms with E-state index in [2.05, 4.69) is 31.2 Å². The maximum absolute atomic E-state index is 10.1. The Kier molecular flexibility index (Phi) is 6.20. The van der Waals surface area contributed by atoms with Crippen LogP contribution in [-0.4, -0.2) is 11.2 Å². The Hall–Kier alpha value is -2.29. The topological polar surface area (TPSA) is 29.5 Å². The van der Waals surface area contributed by atoms with E-state index >= 15 is 0 Å². The van der Waals surface area contributed by atoms with Crippen LogP contribution in [0.5, 0.6) is 11.5 Å². The average molecular weight is 381 g/mol. The fourth-order valence-corrected chi connectivity index (χ4v) is 3.72. The van der Waals surface area contributed by atoms with Gasteiger partial charge in [-0.1, -0.05) is 61.0 Å². The Bertz CT molecular complexity index is 859. The van der Waals surface area contributed by atoms with Gasteiger partial charge in [-0.15, -0.1) is 0 Å². The van der Waals surface area contributed by atoms with Crippen molar-refractivity contribution < 1.29 is 9.84 Å². The van der Waals surface area contributed by atoms with Gasteiger partial charge in [0.15, 0.2) is 0 Å². The molecule has 0 radical (unpaired) electrons. The van der Waals surface area contributed by atoms with E-state index in [-0.39, 0.29) is 5.41 Å². The van der Waals surface area contributed by atoms with Gasteiger partial charge in [-0.2, -0.15) is 0 Å². The smallest absolute Gasteiger partial charge is 0.127 e. The van der Waals surface area contributed by atoms with E-state index in [1.165, 1.54) is 11.1 Å². The van der Waals surface area contributed by atoms with E-state index in [1.807, 2.05) is 61.5 Å². The number of ether oxygens (including phenoxy) is 1. The molecule has 0 heterocycles. The SMILES string of the molecule is CC(O)CC(C)(Cc1cccc(Oc2ccccc2)c1)c1ccc(Cl)cc1. The minimum Gasteiger partial charge on any atom is -0.457 e. The third kappa shape index (κ3) is 5.35. The predicted molar refractivity (Wildman–Crippen MR) is 112 cm³/mol. The van der Waals surface area contributed by atoms with Crippen LogP contribution in [0.25, 0.3) is 0 Å². The van der Waals surface area contributed by atoms with Gasteiger partial charge in [0.1, 0.15) is 11.5 Å². The number of benzene rings is 3. The summed E-state index contributed by atoms with van der Waals surface area (Å²) in [7, 11) is 0. The maximum atomic E-state index is 10.1. The summed E-state index contributed by atoms with van der Waals surface area (Å²) in [5.41, 5.74) is 2.13. The van der Waals surface area contributed by atoms with E-state index in [4.69, 9.17) is 16.3 Å². The Morgan fingerprint density at radius 3 is 2.26 bits per heavy atom. The van der Waals surface area contributed by atoms with Crippen molar-refractivity contribution in [2.24, 2.45) is 0 Å². The van der Waals surface area contributed by atoms with Crippen molar-refractivity contribution >= 4 is 11.6 Å². The molecule has 3 aromatic carbocycles. The Balaban J connectivity index is 1.85. The molecular weight excluding hydrogens is 356 g/mol. The predicted octanol–water partition coefficient (Wildman–Crippen LogP) is 6.40. The minimum atomic E-state index is -0.394. The van der Waals surface area contributed by atoms with Crippen molar-refractivity contribution in [2.45, 2.75) is 38.2 Å². The molecule has 3 rings (SSSR count). The van der Waals surface area contributed by atoms with Gasteiger partial charge in [-0.05, 0) is 72.7 Å². The first-order valence-electron chi connectivity index (χ1n) is 9.21. The summed E-state index contributed by atoms with van der Waals surface area (Å²) >= 11 is 6.06. The third-order valence-electron chi connectivity index (χ3n) is 4.76. The van der Waals surface area contributed by atoms with Crippen LogP contribution in [0.1, 0.15) is 31.4 Å². The van der Waals surface area contributed by atoms with E-state index in [9.17, 15) is 5.11 Å². The van der Waals surface area contributed by atoms with Gasteiger partial charge in [0.2, 0.25) is 0 Å². The second-order valence-electron chi connectivity index (χ2n) is 7.36. The first-order chi connectivity index (χ1) is 12.9. The number of halogens is 1. The monoisotopic (exact) mass is 380 g/mol. The number of hydrogen-bond donors (Lipinski definition) is 1. The lowest BCUT2D eigenvalue weighted by atomic mass is 9.73. The molecule has 3 aromatic rings. The summed E-state index contributed by atoms with van der Waals surface area (Å²) in [6.45, 7) is 4.02. The van der Waals surface area contributed by atoms with E-state index in [0.717, 1.165) is 22.9 Å². The highest BCUT2D eigenvalue weighted by molar-refractivity contribution is 6.30. The van der Waals surface area contributed by atoms with E-state index in [0.29, 0.717) is 6.42 Å². The van der Waals surface area contributed by atoms with Crippen LogP contribution < -0.4 is 4.74 Å². The number of para-hydroxylation sites is 1. The molecule has 27 heavy (non-hydrogen) atoms. The second kappa shape index (κ2) is 8.60. The Labute approximate surface area is 166 Å². The molecule has 0 saturated heterocycles. The fraction of sp³-hybridized carbons (Fsp3) is 0.250. The van der Waals surface area contributed by atoms with Crippen molar-refractivity contribution in [1.82, 2.24) is 0 Å². The Morgan fingerprint density at radius 1 is 0.926 bits per heavy atom. The molecule has 0 aliphatic rings. The third-order valence-corrected chi connectivity index (χ3v) is 5.01. The molecule has 1 N–H and O–H groups in total. The molecule has 0 aliphatic carbocycles. The average Bonchev–Trinajstić information content (AvgIpc) is 2.62. The van der Waals surface area contributed by atoms with Crippen LogP contribution in [0.3, 0.4) is 0 Å². The van der Waals surface area contributed by atoms with Crippen LogP contribution >= 0.6 is 11.6 Å². The minimum absolute atomic E-state index is 0.204. The largest absolute Gasteiger partial charge is 0.457 e. The standard InChI is InChI=1S/C24H25ClO2/c1-18(26)16-24(2,20-11-13-21(25)14-12-20)17-19-7-6-10-23(15-19)27-22-8-4-3-5-9-22/h3-15,18,26H,16-17H2,1-2H3. The van der Waals surface area contributed by atoms with Crippen molar-refractivity contribution in [3.8, 4) is 11.5 Å². The zero-order valence-corrected chi connectivity index (χ0v) is 16.5. The first kappa shape index (κ1) is 19.5. The Morgan fingerprint density at radius 2 is 1.59 bits per heavy atom. The molecule has 0 aliphatic heterocycles. The molecule has 0 aromatic heterocycles. The first-order valence-corrected chi connectivity index (χ1v) is 9.58. The summed E-state index contributed by atoms with van der Waals surface area (Å²) in [6, 6.07) is 25.8. The highest BCUT2D eigenvalue weighted by atomic mass is 35.5. The van der Waals surface area contributed by atoms with Crippen molar-refractivity contribution in [1.29, 1.82) is 0 Å². The molecule has 0 bridgehead atoms. The van der Waals surface area contributed by atoms with Gasteiger partial charge < -0.3 is 9.84 Å². The zero-order chi connectivity index (χ0) is 19.3. The van der Waals surface area contributed by atoms with Crippen molar-refractivity contribution in [2.75, 3.05) is 0 Å². The lowest BCUT2D eigenvalue weighted by molar-refractivity contribution is 0.151. The molecular formula is C24H25ClO2. The summed E-state index contributed by atoms with van der Waals surface area (Å²) in [4.78, 5) is 0. The summed E-state index contributed by atoms with van der Waals surface area (Å²) in [5, 5.41) is 10.8. The number of hydrogen-bond acceptors (Lipinski definition) is 2. The van der Waals surface area contributed by atoms with Gasteiger partial charge in [-0.25, -0.2) is 0 Å². The van der Waals surface area contributed by atoms with E-state index in [1.54, 1.807) is 0 Å².